The van der Waals surface area contributed by atoms with E-state index < -0.39 is 26.5 Å². The quantitative estimate of drug-likeness (QED) is 0.0358. The van der Waals surface area contributed by atoms with Crippen LogP contribution in [-0.2, 0) is 27.9 Å². The Hall–Kier alpha value is -0.990. The minimum Gasteiger partial charge on any atom is -0.463 e. The fourth-order valence-corrected chi connectivity index (χ4v) is 5.78. The number of aliphatic hydroxyl groups is 1. The fraction of sp³-hybridized carbons (Fsp3) is 0.941. The second-order valence-electron chi connectivity index (χ2n) is 12.2. The molecule has 0 aliphatic rings. The molecule has 0 saturated carbocycles. The average molecular weight is 650 g/mol. The van der Waals surface area contributed by atoms with E-state index in [2.05, 4.69) is 19.2 Å². The van der Waals surface area contributed by atoms with Gasteiger partial charge in [-0.1, -0.05) is 149 Å². The molecule has 1 amide bonds. The van der Waals surface area contributed by atoms with Crippen LogP contribution in [0, 0.1) is 0 Å². The third kappa shape index (κ3) is 32.4. The first-order valence-electron chi connectivity index (χ1n) is 18.0. The number of esters is 1. The summed E-state index contributed by atoms with van der Waals surface area (Å²) in [5, 5.41) is 12.6. The number of nitrogens with one attached hydrogen (secondary N) is 1. The van der Waals surface area contributed by atoms with E-state index in [0.29, 0.717) is 6.42 Å². The van der Waals surface area contributed by atoms with Crippen molar-refractivity contribution < 1.29 is 37.9 Å². The van der Waals surface area contributed by atoms with Gasteiger partial charge in [-0.3, -0.25) is 18.6 Å². The number of carbonyl (C=O) groups excluding carboxylic acids is 2. The topological polar surface area (TPSA) is 131 Å². The van der Waals surface area contributed by atoms with Gasteiger partial charge in [0.2, 0.25) is 5.91 Å². The summed E-state index contributed by atoms with van der Waals surface area (Å²) in [7, 11) is -4.40. The molecule has 0 rings (SSSR count). The number of ether oxygens (including phenoxy) is 1. The molecule has 0 aliphatic heterocycles. The van der Waals surface area contributed by atoms with Crippen molar-refractivity contribution in [2.24, 2.45) is 0 Å². The lowest BCUT2D eigenvalue weighted by molar-refractivity contribution is -0.147. The van der Waals surface area contributed by atoms with Crippen molar-refractivity contribution in [2.75, 3.05) is 26.4 Å². The Morgan fingerprint density at radius 1 is 0.614 bits per heavy atom. The highest BCUT2D eigenvalue weighted by atomic mass is 31.2. The summed E-state index contributed by atoms with van der Waals surface area (Å²) in [6.07, 6.45) is 27.4. The van der Waals surface area contributed by atoms with E-state index >= 15 is 0 Å². The molecule has 0 radical (unpaired) electrons. The number of amides is 1. The van der Waals surface area contributed by atoms with Crippen LogP contribution in [0.3, 0.4) is 0 Å². The average Bonchev–Trinajstić information content (AvgIpc) is 3.00. The highest BCUT2D eigenvalue weighted by Gasteiger charge is 2.23. The highest BCUT2D eigenvalue weighted by Crippen LogP contribution is 2.42. The number of hydrogen-bond donors (Lipinski definition) is 3. The van der Waals surface area contributed by atoms with E-state index in [4.69, 9.17) is 13.8 Å². The lowest BCUT2D eigenvalue weighted by Gasteiger charge is -2.15. The number of carbonyl (C=O) groups is 2. The van der Waals surface area contributed by atoms with Gasteiger partial charge in [0.25, 0.3) is 0 Å². The number of hydrogen-bond acceptors (Lipinski definition) is 7. The maximum Gasteiger partial charge on any atom is 0.472 e. The summed E-state index contributed by atoms with van der Waals surface area (Å²) in [6, 6.07) is 0. The molecule has 262 valence electrons. The summed E-state index contributed by atoms with van der Waals surface area (Å²) < 4.78 is 26.7. The number of phosphoric ester groups is 1. The molecule has 3 N–H and O–H groups in total. The van der Waals surface area contributed by atoms with Gasteiger partial charge in [0.15, 0.2) is 0 Å². The summed E-state index contributed by atoms with van der Waals surface area (Å²) in [4.78, 5) is 33.6. The Labute approximate surface area is 269 Å². The van der Waals surface area contributed by atoms with E-state index in [-0.39, 0.29) is 32.1 Å². The molecule has 44 heavy (non-hydrogen) atoms. The predicted molar refractivity (Wildman–Crippen MR) is 178 cm³/mol. The molecule has 0 fully saturated rings. The monoisotopic (exact) mass is 649 g/mol. The maximum absolute atomic E-state index is 12.0. The smallest absolute Gasteiger partial charge is 0.463 e. The summed E-state index contributed by atoms with van der Waals surface area (Å²) in [5.41, 5.74) is 0. The second-order valence-corrected chi connectivity index (χ2v) is 13.7. The van der Waals surface area contributed by atoms with Gasteiger partial charge in [-0.15, -0.1) is 0 Å². The van der Waals surface area contributed by atoms with Gasteiger partial charge in [-0.2, -0.15) is 0 Å². The van der Waals surface area contributed by atoms with E-state index in [1.54, 1.807) is 0 Å². The normalized spacial score (nSPS) is 13.5. The molecule has 10 heteroatoms. The summed E-state index contributed by atoms with van der Waals surface area (Å²) in [6.45, 7) is 3.54. The zero-order chi connectivity index (χ0) is 32.6. The third-order valence-electron chi connectivity index (χ3n) is 7.79. The van der Waals surface area contributed by atoms with Crippen LogP contribution in [-0.4, -0.2) is 54.3 Å². The van der Waals surface area contributed by atoms with Gasteiger partial charge in [0, 0.05) is 19.4 Å². The predicted octanol–water partition coefficient (Wildman–Crippen LogP) is 8.93. The van der Waals surface area contributed by atoms with Crippen LogP contribution < -0.4 is 5.32 Å². The molecule has 0 saturated heterocycles. The largest absolute Gasteiger partial charge is 0.472 e. The minimum atomic E-state index is -4.40. The zero-order valence-electron chi connectivity index (χ0n) is 28.4. The van der Waals surface area contributed by atoms with Gasteiger partial charge >= 0.3 is 13.8 Å². The second kappa shape index (κ2) is 32.0. The summed E-state index contributed by atoms with van der Waals surface area (Å²) >= 11 is 0. The van der Waals surface area contributed by atoms with Crippen molar-refractivity contribution in [1.29, 1.82) is 0 Å². The first-order chi connectivity index (χ1) is 21.3. The molecular weight excluding hydrogens is 581 g/mol. The number of unbranched alkanes of at least 4 members (excludes halogenated alkanes) is 21. The van der Waals surface area contributed by atoms with Crippen LogP contribution in [0.1, 0.15) is 174 Å². The maximum atomic E-state index is 12.0. The van der Waals surface area contributed by atoms with Crippen LogP contribution in [0.5, 0.6) is 0 Å². The lowest BCUT2D eigenvalue weighted by Crippen LogP contribution is -2.27. The van der Waals surface area contributed by atoms with Crippen molar-refractivity contribution in [2.45, 2.75) is 180 Å². The Balaban J connectivity index is 3.61. The highest BCUT2D eigenvalue weighted by molar-refractivity contribution is 7.47. The van der Waals surface area contributed by atoms with Gasteiger partial charge in [0.05, 0.1) is 13.2 Å². The standard InChI is InChI=1S/C34H68NO8P/c1-3-5-7-9-11-13-15-17-18-20-22-24-26-33(37)35-28-29-42-44(39,40)43-31-32(36)30-41-34(38)27-25-23-21-19-16-14-12-10-8-6-4-2/h32,36H,3-31H2,1-2H3,(H,35,37)(H,39,40). The van der Waals surface area contributed by atoms with Crippen LogP contribution in [0.4, 0.5) is 0 Å². The van der Waals surface area contributed by atoms with Gasteiger partial charge < -0.3 is 20.1 Å². The van der Waals surface area contributed by atoms with Crippen molar-refractivity contribution in [3.05, 3.63) is 0 Å². The molecular formula is C34H68NO8P. The van der Waals surface area contributed by atoms with Crippen molar-refractivity contribution in [3.63, 3.8) is 0 Å². The number of rotatable bonds is 34. The first kappa shape index (κ1) is 43.0. The zero-order valence-corrected chi connectivity index (χ0v) is 29.3. The van der Waals surface area contributed by atoms with Crippen molar-refractivity contribution in [3.8, 4) is 0 Å². The van der Waals surface area contributed by atoms with E-state index in [9.17, 15) is 24.2 Å². The molecule has 0 spiro atoms. The Bertz CT molecular complexity index is 709. The molecule has 2 atom stereocenters. The third-order valence-corrected chi connectivity index (χ3v) is 8.77. The van der Waals surface area contributed by atoms with E-state index in [0.717, 1.165) is 38.5 Å². The van der Waals surface area contributed by atoms with Crippen LogP contribution >= 0.6 is 7.82 Å². The molecule has 0 aromatic heterocycles. The molecule has 0 aromatic carbocycles. The molecule has 0 heterocycles. The van der Waals surface area contributed by atoms with Gasteiger partial charge in [-0.25, -0.2) is 4.57 Å². The molecule has 9 nitrogen and oxygen atoms in total. The molecule has 0 aliphatic carbocycles. The minimum absolute atomic E-state index is 0.0875. The Morgan fingerprint density at radius 2 is 1.02 bits per heavy atom. The lowest BCUT2D eigenvalue weighted by atomic mass is 10.0. The van der Waals surface area contributed by atoms with Crippen LogP contribution in [0.2, 0.25) is 0 Å². The number of phosphoric acid groups is 1. The van der Waals surface area contributed by atoms with E-state index in [1.807, 2.05) is 0 Å². The Morgan fingerprint density at radius 3 is 1.48 bits per heavy atom. The van der Waals surface area contributed by atoms with Crippen LogP contribution in [0.25, 0.3) is 0 Å². The van der Waals surface area contributed by atoms with Crippen molar-refractivity contribution >= 4 is 19.7 Å². The van der Waals surface area contributed by atoms with Gasteiger partial charge in [-0.05, 0) is 12.8 Å². The summed E-state index contributed by atoms with van der Waals surface area (Å²) in [5.74, 6) is -0.512. The Kier molecular flexibility index (Phi) is 31.3. The van der Waals surface area contributed by atoms with Crippen molar-refractivity contribution in [1.82, 2.24) is 5.32 Å². The van der Waals surface area contributed by atoms with Crippen LogP contribution in [0.15, 0.2) is 0 Å². The fourth-order valence-electron chi connectivity index (χ4n) is 5.03. The molecule has 0 aromatic rings. The number of aliphatic hydroxyl groups excluding tert-OH is 1. The van der Waals surface area contributed by atoms with E-state index in [1.165, 1.54) is 109 Å². The SMILES string of the molecule is CCCCCCCCCCCCCCC(=O)NCCOP(=O)(O)OCC(O)COC(=O)CCCCCCCCCCCCC. The molecule has 0 bridgehead atoms. The first-order valence-corrected chi connectivity index (χ1v) is 19.5. The molecule has 2 unspecified atom stereocenters. The van der Waals surface area contributed by atoms with Gasteiger partial charge in [0.1, 0.15) is 12.7 Å².